The lowest BCUT2D eigenvalue weighted by Gasteiger charge is -2.35. The van der Waals surface area contributed by atoms with Crippen molar-refractivity contribution in [3.05, 3.63) is 57.6 Å². The molecule has 1 fully saturated rings. The Morgan fingerprint density at radius 2 is 1.83 bits per heavy atom. The highest BCUT2D eigenvalue weighted by Crippen LogP contribution is 2.48. The number of nitrogens with zero attached hydrogens (tertiary/aromatic N) is 1. The van der Waals surface area contributed by atoms with Crippen molar-refractivity contribution in [1.82, 2.24) is 9.62 Å². The van der Waals surface area contributed by atoms with Gasteiger partial charge in [-0.15, -0.1) is 0 Å². The molecule has 1 saturated heterocycles. The Morgan fingerprint density at radius 3 is 2.48 bits per heavy atom. The van der Waals surface area contributed by atoms with Gasteiger partial charge in [-0.1, -0.05) is 47.5 Å². The van der Waals surface area contributed by atoms with Crippen LogP contribution in [-0.2, 0) is 26.0 Å². The lowest BCUT2D eigenvalue weighted by atomic mass is 9.94. The minimum atomic E-state index is -4.10. The minimum Gasteiger partial charge on any atom is -0.480 e. The molecule has 0 bridgehead atoms. The van der Waals surface area contributed by atoms with E-state index in [-0.39, 0.29) is 19.5 Å². The van der Waals surface area contributed by atoms with E-state index in [4.69, 9.17) is 23.2 Å². The second-order valence-corrected chi connectivity index (χ2v) is 10.2. The van der Waals surface area contributed by atoms with Crippen LogP contribution in [-0.4, -0.2) is 50.0 Å². The molecule has 154 valence electrons. The molecule has 0 radical (unpaired) electrons. The van der Waals surface area contributed by atoms with E-state index in [9.17, 15) is 18.3 Å². The molecule has 2 aromatic carbocycles. The van der Waals surface area contributed by atoms with E-state index in [2.05, 4.69) is 5.32 Å². The first kappa shape index (κ1) is 20.6. The molecule has 1 aliphatic carbocycles. The zero-order chi connectivity index (χ0) is 20.8. The van der Waals surface area contributed by atoms with Crippen LogP contribution in [0.1, 0.15) is 17.5 Å². The highest BCUT2D eigenvalue weighted by Gasteiger charge is 2.58. The van der Waals surface area contributed by atoms with Crippen molar-refractivity contribution < 1.29 is 18.3 Å². The fourth-order valence-electron chi connectivity index (χ4n) is 4.31. The summed E-state index contributed by atoms with van der Waals surface area (Å²) in [5.74, 6) is -1.33. The molecule has 9 heteroatoms. The maximum atomic E-state index is 13.5. The van der Waals surface area contributed by atoms with Crippen LogP contribution in [0.5, 0.6) is 0 Å². The van der Waals surface area contributed by atoms with Crippen molar-refractivity contribution in [1.29, 1.82) is 0 Å². The van der Waals surface area contributed by atoms with Gasteiger partial charge in [0.05, 0.1) is 10.0 Å². The molecule has 4 rings (SSSR count). The maximum absolute atomic E-state index is 13.5. The average molecular weight is 455 g/mol. The summed E-state index contributed by atoms with van der Waals surface area (Å²) in [5, 5.41) is 14.1. The van der Waals surface area contributed by atoms with E-state index in [1.165, 1.54) is 4.31 Å². The number of carboxylic acids is 1. The van der Waals surface area contributed by atoms with Crippen molar-refractivity contribution in [3.8, 4) is 11.1 Å². The second kappa shape index (κ2) is 7.56. The molecule has 0 amide bonds. The molecule has 1 heterocycles. The highest BCUT2D eigenvalue weighted by molar-refractivity contribution is 7.90. The second-order valence-electron chi connectivity index (χ2n) is 7.25. The zero-order valence-corrected chi connectivity index (χ0v) is 17.8. The number of fused-ring (bicyclic) bond motifs is 1. The molecule has 6 nitrogen and oxygen atoms in total. The van der Waals surface area contributed by atoms with Crippen molar-refractivity contribution in [2.75, 3.05) is 26.2 Å². The number of piperazine rings is 1. The third-order valence-electron chi connectivity index (χ3n) is 5.77. The molecule has 1 aliphatic heterocycles. The highest BCUT2D eigenvalue weighted by atomic mass is 35.5. The predicted molar refractivity (Wildman–Crippen MR) is 113 cm³/mol. The molecule has 2 aliphatic rings. The number of benzene rings is 2. The lowest BCUT2D eigenvalue weighted by molar-refractivity contribution is -0.140. The largest absolute Gasteiger partial charge is 0.480 e. The van der Waals surface area contributed by atoms with Crippen LogP contribution in [0.3, 0.4) is 0 Å². The first-order valence-corrected chi connectivity index (χ1v) is 11.5. The Balaban J connectivity index is 1.88. The van der Waals surface area contributed by atoms with Gasteiger partial charge in [-0.25, -0.2) is 8.42 Å². The van der Waals surface area contributed by atoms with Gasteiger partial charge in [-0.05, 0) is 47.2 Å². The molecule has 0 saturated carbocycles. The minimum absolute atomic E-state index is 0.00225. The molecule has 2 aromatic rings. The summed E-state index contributed by atoms with van der Waals surface area (Å²) in [7, 11) is -4.10. The standard InChI is InChI=1S/C20H20Cl2N2O4S/c21-17-5-4-13(12-18(17)22)14-2-1-3-16-15(14)6-7-20(16,19(25)26)29(27,28)24-10-8-23-9-11-24/h1-5,12,23H,6-11H2,(H,25,26). The van der Waals surface area contributed by atoms with Crippen LogP contribution >= 0.6 is 23.2 Å². The van der Waals surface area contributed by atoms with Gasteiger partial charge in [0.2, 0.25) is 14.8 Å². The number of aliphatic carboxylic acids is 1. The van der Waals surface area contributed by atoms with Gasteiger partial charge in [0.25, 0.3) is 0 Å². The number of carbonyl (C=O) groups is 1. The lowest BCUT2D eigenvalue weighted by Crippen LogP contribution is -2.55. The van der Waals surface area contributed by atoms with E-state index in [0.717, 1.165) is 16.7 Å². The first-order chi connectivity index (χ1) is 13.8. The molecule has 1 atom stereocenters. The number of hydrogen-bond acceptors (Lipinski definition) is 4. The molecule has 1 unspecified atom stereocenters. The Bertz CT molecular complexity index is 1080. The van der Waals surface area contributed by atoms with E-state index in [1.54, 1.807) is 30.3 Å². The quantitative estimate of drug-likeness (QED) is 0.740. The third kappa shape index (κ3) is 3.16. The first-order valence-electron chi connectivity index (χ1n) is 9.30. The fraction of sp³-hybridized carbons (Fsp3) is 0.350. The third-order valence-corrected chi connectivity index (χ3v) is 9.03. The number of sulfonamides is 1. The number of rotatable bonds is 4. The number of hydrogen-bond donors (Lipinski definition) is 2. The van der Waals surface area contributed by atoms with Gasteiger partial charge in [0.1, 0.15) is 0 Å². The van der Waals surface area contributed by atoms with E-state index in [0.29, 0.717) is 35.1 Å². The van der Waals surface area contributed by atoms with Crippen LogP contribution < -0.4 is 5.32 Å². The van der Waals surface area contributed by atoms with E-state index < -0.39 is 20.7 Å². The van der Waals surface area contributed by atoms with Crippen LogP contribution in [0, 0.1) is 0 Å². The summed E-state index contributed by atoms with van der Waals surface area (Å²) in [4.78, 5) is 12.5. The molecule has 2 N–H and O–H groups in total. The van der Waals surface area contributed by atoms with E-state index >= 15 is 0 Å². The topological polar surface area (TPSA) is 86.7 Å². The van der Waals surface area contributed by atoms with Crippen molar-refractivity contribution in [2.24, 2.45) is 0 Å². The SMILES string of the molecule is O=C(O)C1(S(=O)(=O)N2CCNCC2)CCc2c(-c3ccc(Cl)c(Cl)c3)cccc21. The number of nitrogens with one attached hydrogen (secondary N) is 1. The summed E-state index contributed by atoms with van der Waals surface area (Å²) in [6, 6.07) is 10.4. The fourth-order valence-corrected chi connectivity index (χ4v) is 6.76. The van der Waals surface area contributed by atoms with Gasteiger partial charge in [0.15, 0.2) is 0 Å². The smallest absolute Gasteiger partial charge is 0.331 e. The Morgan fingerprint density at radius 1 is 1.10 bits per heavy atom. The molecular formula is C20H20Cl2N2O4S. The molecular weight excluding hydrogens is 435 g/mol. The molecule has 0 aromatic heterocycles. The van der Waals surface area contributed by atoms with Gasteiger partial charge in [-0.2, -0.15) is 4.31 Å². The van der Waals surface area contributed by atoms with Gasteiger partial charge in [0, 0.05) is 26.2 Å². The summed E-state index contributed by atoms with van der Waals surface area (Å²) >= 11 is 12.2. The summed E-state index contributed by atoms with van der Waals surface area (Å²) < 4.78 is 26.4. The number of carboxylic acid groups (broad SMARTS) is 1. The zero-order valence-electron chi connectivity index (χ0n) is 15.5. The van der Waals surface area contributed by atoms with Crippen LogP contribution in [0.25, 0.3) is 11.1 Å². The van der Waals surface area contributed by atoms with Crippen LogP contribution in [0.4, 0.5) is 0 Å². The maximum Gasteiger partial charge on any atom is 0.331 e. The summed E-state index contributed by atoms with van der Waals surface area (Å²) in [6.45, 7) is 1.54. The normalized spacial score (nSPS) is 22.4. The summed E-state index contributed by atoms with van der Waals surface area (Å²) in [5.41, 5.74) is 2.62. The van der Waals surface area contributed by atoms with Crippen molar-refractivity contribution >= 4 is 39.2 Å². The monoisotopic (exact) mass is 454 g/mol. The van der Waals surface area contributed by atoms with Crippen LogP contribution in [0.15, 0.2) is 36.4 Å². The van der Waals surface area contributed by atoms with Crippen molar-refractivity contribution in [3.63, 3.8) is 0 Å². The van der Waals surface area contributed by atoms with Crippen LogP contribution in [0.2, 0.25) is 10.0 Å². The van der Waals surface area contributed by atoms with Crippen molar-refractivity contribution in [2.45, 2.75) is 17.6 Å². The molecule has 29 heavy (non-hydrogen) atoms. The Labute approximate surface area is 179 Å². The Hall–Kier alpha value is -1.64. The van der Waals surface area contributed by atoms with Gasteiger partial charge in [-0.3, -0.25) is 4.79 Å². The summed E-state index contributed by atoms with van der Waals surface area (Å²) in [6.07, 6.45) is 0.353. The predicted octanol–water partition coefficient (Wildman–Crippen LogP) is 3.12. The number of halogens is 2. The molecule has 0 spiro atoms. The van der Waals surface area contributed by atoms with Gasteiger partial charge >= 0.3 is 5.97 Å². The Kier molecular flexibility index (Phi) is 5.38. The van der Waals surface area contributed by atoms with Gasteiger partial charge < -0.3 is 10.4 Å². The van der Waals surface area contributed by atoms with E-state index in [1.807, 2.05) is 6.07 Å². The average Bonchev–Trinajstić information content (AvgIpc) is 3.12.